The van der Waals surface area contributed by atoms with Gasteiger partial charge in [-0.3, -0.25) is 0 Å². The highest BCUT2D eigenvalue weighted by Crippen LogP contribution is 2.16. The Morgan fingerprint density at radius 1 is 0.850 bits per heavy atom. The molecule has 2 aromatic carbocycles. The molecule has 0 fully saturated rings. The maximum absolute atomic E-state index is 12.3. The van der Waals surface area contributed by atoms with Gasteiger partial charge in [0.2, 0.25) is 0 Å². The van der Waals surface area contributed by atoms with Crippen molar-refractivity contribution in [2.45, 2.75) is 24.0 Å². The van der Waals surface area contributed by atoms with Crippen molar-refractivity contribution in [2.75, 3.05) is 5.75 Å². The lowest BCUT2D eigenvalue weighted by Gasteiger charge is -2.22. The summed E-state index contributed by atoms with van der Waals surface area (Å²) in [6.07, 6.45) is 0. The average molecular weight is 304 g/mol. The Kier molecular flexibility index (Phi) is 4.45. The highest BCUT2D eigenvalue weighted by atomic mass is 32.2. The lowest BCUT2D eigenvalue weighted by molar-refractivity contribution is 0.597. The molecular weight excluding hydrogens is 284 g/mol. The molecule has 0 aliphatic heterocycles. The smallest absolute Gasteiger partial charge is 0.178 e. The van der Waals surface area contributed by atoms with Crippen LogP contribution in [0.2, 0.25) is 19.1 Å². The molecule has 2 nitrogen and oxygen atoms in total. The zero-order valence-corrected chi connectivity index (χ0v) is 13.7. The van der Waals surface area contributed by atoms with Gasteiger partial charge < -0.3 is 0 Å². The second-order valence-electron chi connectivity index (χ2n) is 5.63. The van der Waals surface area contributed by atoms with Crippen LogP contribution in [0.5, 0.6) is 0 Å². The average Bonchev–Trinajstić information content (AvgIpc) is 2.47. The third-order valence-electron chi connectivity index (χ3n) is 3.65. The molecular formula is C16H20O2SSi. The Balaban J connectivity index is 2.12. The third kappa shape index (κ3) is 3.58. The SMILES string of the molecule is C[Si](C)(CCS(=O)(=O)c1ccccc1)c1ccccc1. The fraction of sp³-hybridized carbons (Fsp3) is 0.250. The fourth-order valence-corrected chi connectivity index (χ4v) is 7.48. The predicted molar refractivity (Wildman–Crippen MR) is 86.9 cm³/mol. The summed E-state index contributed by atoms with van der Waals surface area (Å²) in [4.78, 5) is 0.429. The first-order valence-electron chi connectivity index (χ1n) is 6.75. The van der Waals surface area contributed by atoms with E-state index < -0.39 is 17.9 Å². The zero-order valence-electron chi connectivity index (χ0n) is 11.9. The molecule has 0 aromatic heterocycles. The molecule has 0 amide bonds. The Bertz CT molecular complexity index is 649. The second-order valence-corrected chi connectivity index (χ2v) is 12.6. The normalized spacial score (nSPS) is 12.3. The van der Waals surface area contributed by atoms with Crippen LogP contribution in [0.25, 0.3) is 0 Å². The van der Waals surface area contributed by atoms with Gasteiger partial charge in [0.25, 0.3) is 0 Å². The summed E-state index contributed by atoms with van der Waals surface area (Å²) in [5.41, 5.74) is 0. The number of hydrogen-bond acceptors (Lipinski definition) is 2. The molecule has 0 atom stereocenters. The standard InChI is InChI=1S/C16H20O2SSi/c1-20(2,16-11-7-4-8-12-16)14-13-19(17,18)15-9-5-3-6-10-15/h3-12H,13-14H2,1-2H3. The first kappa shape index (κ1) is 15.0. The van der Waals surface area contributed by atoms with Crippen molar-refractivity contribution in [3.05, 3.63) is 60.7 Å². The molecule has 0 aliphatic carbocycles. The molecule has 2 rings (SSSR count). The number of rotatable bonds is 5. The van der Waals surface area contributed by atoms with Gasteiger partial charge in [0.15, 0.2) is 9.84 Å². The molecule has 20 heavy (non-hydrogen) atoms. The Hall–Kier alpha value is -1.39. The lowest BCUT2D eigenvalue weighted by Crippen LogP contribution is -2.42. The second kappa shape index (κ2) is 5.93. The minimum atomic E-state index is -3.17. The zero-order chi connectivity index (χ0) is 14.6. The molecule has 0 unspecified atom stereocenters. The van der Waals surface area contributed by atoms with Gasteiger partial charge in [-0.05, 0) is 18.2 Å². The Labute approximate surface area is 122 Å². The molecule has 4 heteroatoms. The summed E-state index contributed by atoms with van der Waals surface area (Å²) in [6.45, 7) is 4.45. The van der Waals surface area contributed by atoms with E-state index in [1.165, 1.54) is 5.19 Å². The van der Waals surface area contributed by atoms with Crippen LogP contribution in [0.1, 0.15) is 0 Å². The molecule has 0 saturated carbocycles. The summed E-state index contributed by atoms with van der Waals surface area (Å²) in [7, 11) is -4.87. The highest BCUT2D eigenvalue weighted by molar-refractivity contribution is 7.91. The first-order valence-corrected chi connectivity index (χ1v) is 11.6. The van der Waals surface area contributed by atoms with Crippen LogP contribution < -0.4 is 5.19 Å². The highest BCUT2D eigenvalue weighted by Gasteiger charge is 2.26. The Morgan fingerprint density at radius 3 is 1.90 bits per heavy atom. The monoisotopic (exact) mass is 304 g/mol. The molecule has 0 spiro atoms. The number of sulfone groups is 1. The van der Waals surface area contributed by atoms with Crippen molar-refractivity contribution in [1.29, 1.82) is 0 Å². The largest absolute Gasteiger partial charge is 0.224 e. The third-order valence-corrected chi connectivity index (χ3v) is 9.14. The van der Waals surface area contributed by atoms with E-state index in [0.29, 0.717) is 4.90 Å². The minimum Gasteiger partial charge on any atom is -0.224 e. The topological polar surface area (TPSA) is 34.1 Å². The molecule has 2 aromatic rings. The van der Waals surface area contributed by atoms with Crippen molar-refractivity contribution in [3.63, 3.8) is 0 Å². The van der Waals surface area contributed by atoms with E-state index in [2.05, 4.69) is 25.2 Å². The van der Waals surface area contributed by atoms with Crippen molar-refractivity contribution < 1.29 is 8.42 Å². The van der Waals surface area contributed by atoms with Crippen LogP contribution in [0, 0.1) is 0 Å². The molecule has 0 saturated heterocycles. The summed E-state index contributed by atoms with van der Waals surface area (Å²) in [5.74, 6) is 0.227. The summed E-state index contributed by atoms with van der Waals surface area (Å²) >= 11 is 0. The minimum absolute atomic E-state index is 0.227. The van der Waals surface area contributed by atoms with Gasteiger partial charge >= 0.3 is 0 Å². The van der Waals surface area contributed by atoms with Crippen LogP contribution in [0.3, 0.4) is 0 Å². The molecule has 0 radical (unpaired) electrons. The molecule has 0 heterocycles. The van der Waals surface area contributed by atoms with Gasteiger partial charge in [-0.1, -0.05) is 66.8 Å². The van der Waals surface area contributed by atoms with E-state index >= 15 is 0 Å². The number of hydrogen-bond donors (Lipinski definition) is 0. The van der Waals surface area contributed by atoms with Gasteiger partial charge in [-0.2, -0.15) is 0 Å². The summed E-state index contributed by atoms with van der Waals surface area (Å²) in [5, 5.41) is 1.31. The van der Waals surface area contributed by atoms with E-state index in [0.717, 1.165) is 6.04 Å². The van der Waals surface area contributed by atoms with Gasteiger partial charge in [-0.15, -0.1) is 0 Å². The van der Waals surface area contributed by atoms with Crippen LogP contribution >= 0.6 is 0 Å². The summed E-state index contributed by atoms with van der Waals surface area (Å²) < 4.78 is 24.7. The van der Waals surface area contributed by atoms with E-state index in [1.54, 1.807) is 24.3 Å². The molecule has 0 N–H and O–H groups in total. The summed E-state index contributed by atoms with van der Waals surface area (Å²) in [6, 6.07) is 19.7. The quantitative estimate of drug-likeness (QED) is 0.796. The fourth-order valence-electron chi connectivity index (χ4n) is 2.17. The van der Waals surface area contributed by atoms with E-state index in [9.17, 15) is 8.42 Å². The van der Waals surface area contributed by atoms with Crippen molar-refractivity contribution in [1.82, 2.24) is 0 Å². The van der Waals surface area contributed by atoms with E-state index in [1.807, 2.05) is 24.3 Å². The predicted octanol–water partition coefficient (Wildman–Crippen LogP) is 3.08. The maximum atomic E-state index is 12.3. The van der Waals surface area contributed by atoms with Crippen molar-refractivity contribution in [3.8, 4) is 0 Å². The molecule has 0 aliphatic rings. The number of benzene rings is 2. The molecule has 0 bridgehead atoms. The van der Waals surface area contributed by atoms with Crippen molar-refractivity contribution >= 4 is 23.1 Å². The Morgan fingerprint density at radius 2 is 1.35 bits per heavy atom. The van der Waals surface area contributed by atoms with E-state index in [4.69, 9.17) is 0 Å². The van der Waals surface area contributed by atoms with Crippen LogP contribution in [-0.4, -0.2) is 22.2 Å². The maximum Gasteiger partial charge on any atom is 0.178 e. The van der Waals surface area contributed by atoms with Gasteiger partial charge in [-0.25, -0.2) is 8.42 Å². The van der Waals surface area contributed by atoms with Gasteiger partial charge in [0.1, 0.15) is 0 Å². The van der Waals surface area contributed by atoms with Crippen molar-refractivity contribution in [2.24, 2.45) is 0 Å². The molecule has 106 valence electrons. The van der Waals surface area contributed by atoms with Crippen LogP contribution in [0.15, 0.2) is 65.6 Å². The van der Waals surface area contributed by atoms with Gasteiger partial charge in [0, 0.05) is 0 Å². The lowest BCUT2D eigenvalue weighted by atomic mass is 10.4. The van der Waals surface area contributed by atoms with E-state index in [-0.39, 0.29) is 5.75 Å². The van der Waals surface area contributed by atoms with Gasteiger partial charge in [0.05, 0.1) is 18.7 Å². The van der Waals surface area contributed by atoms with Crippen LogP contribution in [-0.2, 0) is 9.84 Å². The first-order chi connectivity index (χ1) is 9.42. The van der Waals surface area contributed by atoms with Crippen LogP contribution in [0.4, 0.5) is 0 Å².